The summed E-state index contributed by atoms with van der Waals surface area (Å²) >= 11 is 0. The maximum Gasteiger partial charge on any atom is 0.322 e. The summed E-state index contributed by atoms with van der Waals surface area (Å²) in [4.78, 5) is 34.1. The number of methoxy groups -OCH3 is 1. The quantitative estimate of drug-likeness (QED) is 0.638. The summed E-state index contributed by atoms with van der Waals surface area (Å²) < 4.78 is 5.36. The number of benzene rings is 1. The molecule has 1 aromatic carbocycles. The lowest BCUT2D eigenvalue weighted by Crippen LogP contribution is -2.33. The zero-order chi connectivity index (χ0) is 15.9. The molecular formula is C15H19N3O4. The highest BCUT2D eigenvalue weighted by atomic mass is 16.5. The standard InChI is InChI=1S/C15H19N3O4/c1-22-12(10-5-3-2-4-6-10)9-16-13(19)8-7-11-14(20)18-15(21)17-11/h2-6,11-12H,7-9H2,1H3,(H,16,19)(H2,17,18,20,21). The lowest BCUT2D eigenvalue weighted by atomic mass is 10.1. The molecule has 7 heteroatoms. The van der Waals surface area contributed by atoms with Gasteiger partial charge in [0, 0.05) is 20.1 Å². The zero-order valence-electron chi connectivity index (χ0n) is 12.3. The minimum atomic E-state index is -0.634. The molecule has 118 valence electrons. The van der Waals surface area contributed by atoms with E-state index in [0.29, 0.717) is 6.54 Å². The third kappa shape index (κ3) is 4.29. The third-order valence-electron chi connectivity index (χ3n) is 3.46. The van der Waals surface area contributed by atoms with E-state index in [2.05, 4.69) is 16.0 Å². The molecule has 3 N–H and O–H groups in total. The summed E-state index contributed by atoms with van der Waals surface area (Å²) in [6.45, 7) is 0.350. The first-order chi connectivity index (χ1) is 10.6. The largest absolute Gasteiger partial charge is 0.375 e. The molecule has 0 spiro atoms. The Bertz CT molecular complexity index is 547. The van der Waals surface area contributed by atoms with Crippen molar-refractivity contribution in [1.82, 2.24) is 16.0 Å². The number of imide groups is 1. The molecule has 1 saturated heterocycles. The van der Waals surface area contributed by atoms with E-state index in [0.717, 1.165) is 5.56 Å². The number of carbonyl (C=O) groups excluding carboxylic acids is 3. The van der Waals surface area contributed by atoms with Crippen molar-refractivity contribution < 1.29 is 19.1 Å². The van der Waals surface area contributed by atoms with Gasteiger partial charge in [0.2, 0.25) is 5.91 Å². The fraction of sp³-hybridized carbons (Fsp3) is 0.400. The van der Waals surface area contributed by atoms with E-state index in [-0.39, 0.29) is 24.9 Å². The molecule has 1 heterocycles. The van der Waals surface area contributed by atoms with Crippen molar-refractivity contribution in [3.05, 3.63) is 35.9 Å². The van der Waals surface area contributed by atoms with Crippen molar-refractivity contribution in [1.29, 1.82) is 0 Å². The van der Waals surface area contributed by atoms with Crippen LogP contribution in [0.3, 0.4) is 0 Å². The molecule has 2 unspecified atom stereocenters. The highest BCUT2D eigenvalue weighted by Crippen LogP contribution is 2.15. The monoisotopic (exact) mass is 305 g/mol. The van der Waals surface area contributed by atoms with Gasteiger partial charge in [0.15, 0.2) is 0 Å². The Morgan fingerprint density at radius 3 is 2.64 bits per heavy atom. The Morgan fingerprint density at radius 1 is 1.32 bits per heavy atom. The third-order valence-corrected chi connectivity index (χ3v) is 3.46. The molecule has 2 rings (SSSR count). The minimum Gasteiger partial charge on any atom is -0.375 e. The zero-order valence-corrected chi connectivity index (χ0v) is 12.3. The molecule has 0 aliphatic carbocycles. The van der Waals surface area contributed by atoms with Crippen LogP contribution in [0.2, 0.25) is 0 Å². The number of nitrogens with one attached hydrogen (secondary N) is 3. The highest BCUT2D eigenvalue weighted by molar-refractivity contribution is 6.04. The molecule has 22 heavy (non-hydrogen) atoms. The highest BCUT2D eigenvalue weighted by Gasteiger charge is 2.29. The first-order valence-corrected chi connectivity index (χ1v) is 7.06. The van der Waals surface area contributed by atoms with E-state index in [9.17, 15) is 14.4 Å². The van der Waals surface area contributed by atoms with Gasteiger partial charge in [0.25, 0.3) is 5.91 Å². The van der Waals surface area contributed by atoms with Gasteiger partial charge in [-0.05, 0) is 12.0 Å². The molecule has 0 aromatic heterocycles. The molecule has 0 bridgehead atoms. The number of rotatable bonds is 7. The van der Waals surface area contributed by atoms with Crippen LogP contribution in [0.15, 0.2) is 30.3 Å². The Labute approximate surface area is 128 Å². The lowest BCUT2D eigenvalue weighted by Gasteiger charge is -2.16. The van der Waals surface area contributed by atoms with Crippen LogP contribution >= 0.6 is 0 Å². The second kappa shape index (κ2) is 7.56. The van der Waals surface area contributed by atoms with E-state index in [1.165, 1.54) is 0 Å². The van der Waals surface area contributed by atoms with Crippen LogP contribution in [0.5, 0.6) is 0 Å². The van der Waals surface area contributed by atoms with Gasteiger partial charge in [-0.25, -0.2) is 4.79 Å². The van der Waals surface area contributed by atoms with Gasteiger partial charge in [-0.3, -0.25) is 14.9 Å². The number of carbonyl (C=O) groups is 3. The van der Waals surface area contributed by atoms with E-state index < -0.39 is 18.0 Å². The molecule has 1 aliphatic heterocycles. The van der Waals surface area contributed by atoms with Crippen molar-refractivity contribution in [2.24, 2.45) is 0 Å². The number of amides is 4. The minimum absolute atomic E-state index is 0.156. The fourth-order valence-electron chi connectivity index (χ4n) is 2.24. The van der Waals surface area contributed by atoms with Crippen molar-refractivity contribution >= 4 is 17.8 Å². The van der Waals surface area contributed by atoms with Crippen LogP contribution in [0, 0.1) is 0 Å². The van der Waals surface area contributed by atoms with E-state index in [4.69, 9.17) is 4.74 Å². The summed E-state index contributed by atoms with van der Waals surface area (Å²) in [6, 6.07) is 8.44. The number of hydrogen-bond donors (Lipinski definition) is 3. The molecule has 0 radical (unpaired) electrons. The van der Waals surface area contributed by atoms with Gasteiger partial charge in [-0.15, -0.1) is 0 Å². The molecule has 1 fully saturated rings. The first kappa shape index (κ1) is 16.0. The van der Waals surface area contributed by atoms with Crippen LogP contribution in [0.1, 0.15) is 24.5 Å². The molecule has 0 saturated carbocycles. The normalized spacial score (nSPS) is 18.5. The van der Waals surface area contributed by atoms with Crippen molar-refractivity contribution in [2.75, 3.05) is 13.7 Å². The van der Waals surface area contributed by atoms with Crippen LogP contribution in [-0.4, -0.2) is 37.5 Å². The van der Waals surface area contributed by atoms with Gasteiger partial charge in [0.1, 0.15) is 6.04 Å². The average Bonchev–Trinajstić information content (AvgIpc) is 2.84. The maximum absolute atomic E-state index is 11.8. The number of hydrogen-bond acceptors (Lipinski definition) is 4. The second-order valence-electron chi connectivity index (χ2n) is 4.99. The Balaban J connectivity index is 1.75. The van der Waals surface area contributed by atoms with Gasteiger partial charge in [-0.1, -0.05) is 30.3 Å². The summed E-state index contributed by atoms with van der Waals surface area (Å²) in [5.74, 6) is -0.580. The number of ether oxygens (including phenoxy) is 1. The average molecular weight is 305 g/mol. The first-order valence-electron chi connectivity index (χ1n) is 7.06. The predicted molar refractivity (Wildman–Crippen MR) is 78.9 cm³/mol. The SMILES string of the molecule is COC(CNC(=O)CCC1NC(=O)NC1=O)c1ccccc1. The van der Waals surface area contributed by atoms with Gasteiger partial charge in [-0.2, -0.15) is 0 Å². The predicted octanol–water partition coefficient (Wildman–Crippen LogP) is 0.479. The van der Waals surface area contributed by atoms with Crippen molar-refractivity contribution in [3.63, 3.8) is 0 Å². The topological polar surface area (TPSA) is 96.5 Å². The van der Waals surface area contributed by atoms with E-state index in [1.54, 1.807) is 7.11 Å². The van der Waals surface area contributed by atoms with Crippen LogP contribution < -0.4 is 16.0 Å². The molecule has 2 atom stereocenters. The summed E-state index contributed by atoms with van der Waals surface area (Å²) in [5.41, 5.74) is 0.979. The molecule has 4 amide bonds. The fourth-order valence-corrected chi connectivity index (χ4v) is 2.24. The summed E-state index contributed by atoms with van der Waals surface area (Å²) in [6.07, 6.45) is 0.204. The van der Waals surface area contributed by atoms with Crippen molar-refractivity contribution in [2.45, 2.75) is 25.0 Å². The van der Waals surface area contributed by atoms with Crippen LogP contribution in [0.25, 0.3) is 0 Å². The second-order valence-corrected chi connectivity index (χ2v) is 4.99. The van der Waals surface area contributed by atoms with E-state index in [1.807, 2.05) is 30.3 Å². The summed E-state index contributed by atoms with van der Waals surface area (Å²) in [7, 11) is 1.59. The van der Waals surface area contributed by atoms with Crippen LogP contribution in [-0.2, 0) is 14.3 Å². The van der Waals surface area contributed by atoms with Gasteiger partial charge >= 0.3 is 6.03 Å². The smallest absolute Gasteiger partial charge is 0.322 e. The van der Waals surface area contributed by atoms with Gasteiger partial charge in [0.05, 0.1) is 6.10 Å². The molecule has 1 aromatic rings. The molecule has 1 aliphatic rings. The maximum atomic E-state index is 11.8. The lowest BCUT2D eigenvalue weighted by molar-refractivity contribution is -0.122. The Morgan fingerprint density at radius 2 is 2.05 bits per heavy atom. The Kier molecular flexibility index (Phi) is 5.48. The summed E-state index contributed by atoms with van der Waals surface area (Å²) in [5, 5.41) is 7.36. The van der Waals surface area contributed by atoms with Crippen molar-refractivity contribution in [3.8, 4) is 0 Å². The Hall–Kier alpha value is -2.41. The van der Waals surface area contributed by atoms with Gasteiger partial charge < -0.3 is 15.4 Å². The van der Waals surface area contributed by atoms with E-state index >= 15 is 0 Å². The molecular weight excluding hydrogens is 286 g/mol. The molecule has 7 nitrogen and oxygen atoms in total. The number of urea groups is 1. The van der Waals surface area contributed by atoms with Crippen LogP contribution in [0.4, 0.5) is 4.79 Å².